The van der Waals surface area contributed by atoms with Gasteiger partial charge in [0.2, 0.25) is 11.5 Å². The average Bonchev–Trinajstić information content (AvgIpc) is 3.08. The largest absolute Gasteiger partial charge is 0.371 e. The van der Waals surface area contributed by atoms with Crippen molar-refractivity contribution < 1.29 is 14.4 Å². The predicted octanol–water partition coefficient (Wildman–Crippen LogP) is 3.00. The van der Waals surface area contributed by atoms with Gasteiger partial charge in [0.1, 0.15) is 0 Å². The summed E-state index contributed by atoms with van der Waals surface area (Å²) in [4.78, 5) is 14.8. The Kier molecular flexibility index (Phi) is 3.75. The topological polar surface area (TPSA) is 92.6 Å². The van der Waals surface area contributed by atoms with Gasteiger partial charge in [-0.1, -0.05) is 53.2 Å². The summed E-state index contributed by atoms with van der Waals surface area (Å²) in [5, 5.41) is 15.8. The first-order chi connectivity index (χ1) is 12.4. The van der Waals surface area contributed by atoms with Gasteiger partial charge in [-0.05, 0) is 24.6 Å². The number of hydrogen-bond donors (Lipinski definition) is 2. The number of amides is 1. The van der Waals surface area contributed by atoms with Crippen molar-refractivity contribution in [2.75, 3.05) is 10.6 Å². The van der Waals surface area contributed by atoms with Crippen LogP contribution in [-0.2, 0) is 16.9 Å². The number of hydrogen-bond acceptors (Lipinski definition) is 5. The minimum Gasteiger partial charge on any atom is -0.371 e. The normalized spacial score (nSPS) is 19.0. The molecular formula is C19H16ClN3O3. The molecule has 132 valence electrons. The zero-order chi connectivity index (χ0) is 18.5. The fourth-order valence-corrected chi connectivity index (χ4v) is 3.65. The molecule has 2 heterocycles. The van der Waals surface area contributed by atoms with Crippen LogP contribution in [-0.4, -0.2) is 16.2 Å². The average molecular weight is 370 g/mol. The standard InChI is InChI=1S/C19H16ClN3O3/c1-11-16(17(21)26-22-11)19(25)13-7-3-5-9-15(13)23(18(19)24)10-12-6-2-4-8-14(12)20/h2-9,25H,10,21H2,1H3/t19-/m0/s1. The number of aliphatic hydroxyl groups is 1. The van der Waals surface area contributed by atoms with Crippen LogP contribution in [0.2, 0.25) is 5.02 Å². The minimum atomic E-state index is -1.95. The Labute approximate surface area is 154 Å². The quantitative estimate of drug-likeness (QED) is 0.740. The first kappa shape index (κ1) is 16.6. The van der Waals surface area contributed by atoms with E-state index in [0.29, 0.717) is 22.0 Å². The molecule has 1 amide bonds. The van der Waals surface area contributed by atoms with E-state index in [9.17, 15) is 9.90 Å². The van der Waals surface area contributed by atoms with Gasteiger partial charge in [-0.15, -0.1) is 0 Å². The van der Waals surface area contributed by atoms with E-state index in [-0.39, 0.29) is 18.0 Å². The summed E-state index contributed by atoms with van der Waals surface area (Å²) in [5.41, 5.74) is 6.27. The molecule has 2 aromatic carbocycles. The van der Waals surface area contributed by atoms with Crippen molar-refractivity contribution in [1.29, 1.82) is 0 Å². The highest BCUT2D eigenvalue weighted by molar-refractivity contribution is 6.31. The molecule has 0 saturated carbocycles. The van der Waals surface area contributed by atoms with Gasteiger partial charge in [-0.2, -0.15) is 0 Å². The summed E-state index contributed by atoms with van der Waals surface area (Å²) in [6, 6.07) is 14.3. The number of para-hydroxylation sites is 1. The number of nitrogens with zero attached hydrogens (tertiary/aromatic N) is 2. The predicted molar refractivity (Wildman–Crippen MR) is 97.7 cm³/mol. The smallest absolute Gasteiger partial charge is 0.269 e. The van der Waals surface area contributed by atoms with Crippen LogP contribution >= 0.6 is 11.6 Å². The van der Waals surface area contributed by atoms with Crippen molar-refractivity contribution in [3.8, 4) is 0 Å². The van der Waals surface area contributed by atoms with Crippen molar-refractivity contribution >= 4 is 29.1 Å². The molecule has 0 bridgehead atoms. The molecule has 26 heavy (non-hydrogen) atoms. The summed E-state index contributed by atoms with van der Waals surface area (Å²) < 4.78 is 4.98. The van der Waals surface area contributed by atoms with Crippen LogP contribution in [0.15, 0.2) is 53.1 Å². The van der Waals surface area contributed by atoms with Crippen LogP contribution in [0.3, 0.4) is 0 Å². The molecule has 0 unspecified atom stereocenters. The summed E-state index contributed by atoms with van der Waals surface area (Å²) in [6.07, 6.45) is 0. The number of rotatable bonds is 3. The van der Waals surface area contributed by atoms with Crippen LogP contribution in [0, 0.1) is 6.92 Å². The molecule has 3 N–H and O–H groups in total. The second kappa shape index (κ2) is 5.86. The third-order valence-corrected chi connectivity index (χ3v) is 5.05. The maximum atomic E-state index is 13.3. The van der Waals surface area contributed by atoms with E-state index in [1.807, 2.05) is 18.2 Å². The summed E-state index contributed by atoms with van der Waals surface area (Å²) >= 11 is 6.25. The molecule has 4 rings (SSSR count). The second-order valence-corrected chi connectivity index (χ2v) is 6.62. The molecular weight excluding hydrogens is 354 g/mol. The molecule has 1 aliphatic heterocycles. The van der Waals surface area contributed by atoms with Crippen LogP contribution in [0.25, 0.3) is 0 Å². The van der Waals surface area contributed by atoms with Gasteiger partial charge in [0.05, 0.1) is 23.5 Å². The number of aryl methyl sites for hydroxylation is 1. The number of benzene rings is 2. The van der Waals surface area contributed by atoms with Crippen molar-refractivity contribution in [3.63, 3.8) is 0 Å². The maximum absolute atomic E-state index is 13.3. The first-order valence-electron chi connectivity index (χ1n) is 8.04. The Morgan fingerprint density at radius 2 is 1.92 bits per heavy atom. The van der Waals surface area contributed by atoms with Crippen LogP contribution in [0.4, 0.5) is 11.6 Å². The lowest BCUT2D eigenvalue weighted by Crippen LogP contribution is -2.41. The van der Waals surface area contributed by atoms with Gasteiger partial charge in [0.15, 0.2) is 0 Å². The van der Waals surface area contributed by atoms with Crippen LogP contribution < -0.4 is 10.6 Å². The van der Waals surface area contributed by atoms with Crippen LogP contribution in [0.5, 0.6) is 0 Å². The Balaban J connectivity index is 1.87. The van der Waals surface area contributed by atoms with Crippen LogP contribution in [0.1, 0.15) is 22.4 Å². The van der Waals surface area contributed by atoms with Gasteiger partial charge >= 0.3 is 0 Å². The maximum Gasteiger partial charge on any atom is 0.269 e. The Morgan fingerprint density at radius 3 is 2.62 bits per heavy atom. The molecule has 1 atom stereocenters. The van der Waals surface area contributed by atoms with Gasteiger partial charge in [-0.25, -0.2) is 0 Å². The third-order valence-electron chi connectivity index (χ3n) is 4.68. The zero-order valence-electron chi connectivity index (χ0n) is 13.9. The number of aromatic nitrogens is 1. The highest BCUT2D eigenvalue weighted by Gasteiger charge is 2.54. The van der Waals surface area contributed by atoms with Gasteiger partial charge in [0.25, 0.3) is 5.91 Å². The van der Waals surface area contributed by atoms with Crippen molar-refractivity contribution in [2.24, 2.45) is 0 Å². The molecule has 3 aromatic rings. The van der Waals surface area contributed by atoms with E-state index >= 15 is 0 Å². The molecule has 1 aliphatic rings. The van der Waals surface area contributed by atoms with Gasteiger partial charge in [0, 0.05) is 10.6 Å². The van der Waals surface area contributed by atoms with E-state index in [1.165, 1.54) is 4.90 Å². The molecule has 0 spiro atoms. The molecule has 6 nitrogen and oxygen atoms in total. The van der Waals surface area contributed by atoms with E-state index in [2.05, 4.69) is 5.16 Å². The molecule has 1 aromatic heterocycles. The van der Waals surface area contributed by atoms with Crippen molar-refractivity contribution in [1.82, 2.24) is 5.16 Å². The number of nitrogens with two attached hydrogens (primary N) is 1. The lowest BCUT2D eigenvalue weighted by atomic mass is 9.87. The SMILES string of the molecule is Cc1noc(N)c1[C@]1(O)C(=O)N(Cc2ccccc2Cl)c2ccccc21. The monoisotopic (exact) mass is 369 g/mol. The van der Waals surface area contributed by atoms with E-state index in [4.69, 9.17) is 21.9 Å². The number of carbonyl (C=O) groups is 1. The number of halogens is 1. The molecule has 0 saturated heterocycles. The zero-order valence-corrected chi connectivity index (χ0v) is 14.7. The number of nitrogen functional groups attached to an aromatic ring is 1. The Hall–Kier alpha value is -2.83. The number of carbonyl (C=O) groups excluding carboxylic acids is 1. The third kappa shape index (κ3) is 2.23. The summed E-state index contributed by atoms with van der Waals surface area (Å²) in [5.74, 6) is -0.593. The second-order valence-electron chi connectivity index (χ2n) is 6.22. The number of fused-ring (bicyclic) bond motifs is 1. The molecule has 0 fully saturated rings. The lowest BCUT2D eigenvalue weighted by molar-refractivity contribution is -0.132. The lowest BCUT2D eigenvalue weighted by Gasteiger charge is -2.23. The number of anilines is 2. The van der Waals surface area contributed by atoms with E-state index in [0.717, 1.165) is 5.56 Å². The molecule has 7 heteroatoms. The van der Waals surface area contributed by atoms with Crippen molar-refractivity contribution in [3.05, 3.63) is 75.9 Å². The fraction of sp³-hybridized carbons (Fsp3) is 0.158. The first-order valence-corrected chi connectivity index (χ1v) is 8.42. The van der Waals surface area contributed by atoms with Gasteiger partial charge < -0.3 is 20.3 Å². The molecule has 0 aliphatic carbocycles. The van der Waals surface area contributed by atoms with Gasteiger partial charge in [-0.3, -0.25) is 4.79 Å². The Morgan fingerprint density at radius 1 is 1.23 bits per heavy atom. The van der Waals surface area contributed by atoms with E-state index < -0.39 is 11.5 Å². The van der Waals surface area contributed by atoms with E-state index in [1.54, 1.807) is 37.3 Å². The molecule has 0 radical (unpaired) electrons. The Bertz CT molecular complexity index is 997. The fourth-order valence-electron chi connectivity index (χ4n) is 3.46. The minimum absolute atomic E-state index is 0.0762. The highest BCUT2D eigenvalue weighted by atomic mass is 35.5. The highest BCUT2D eigenvalue weighted by Crippen LogP contribution is 2.47. The summed E-state index contributed by atoms with van der Waals surface area (Å²) in [6.45, 7) is 1.86. The summed E-state index contributed by atoms with van der Waals surface area (Å²) in [7, 11) is 0. The van der Waals surface area contributed by atoms with Crippen molar-refractivity contribution in [2.45, 2.75) is 19.1 Å².